The Labute approximate surface area is 145 Å². The lowest BCUT2D eigenvalue weighted by Crippen LogP contribution is -1.75. The first-order valence-electron chi connectivity index (χ1n) is 8.19. The van der Waals surface area contributed by atoms with Gasteiger partial charge in [0.1, 0.15) is 0 Å². The number of fused-ring (bicyclic) bond motifs is 3. The van der Waals surface area contributed by atoms with Crippen LogP contribution in [0.5, 0.6) is 0 Å². The van der Waals surface area contributed by atoms with Crippen molar-refractivity contribution >= 4 is 43.0 Å². The van der Waals surface area contributed by atoms with Gasteiger partial charge in [-0.25, -0.2) is 0 Å². The Kier molecular flexibility index (Phi) is 2.97. The van der Waals surface area contributed by atoms with Gasteiger partial charge in [-0.2, -0.15) is 0 Å². The molecular formula is C23H16S. The van der Waals surface area contributed by atoms with Crippen LogP contribution in [-0.2, 0) is 0 Å². The molecule has 24 heavy (non-hydrogen) atoms. The van der Waals surface area contributed by atoms with Gasteiger partial charge in [0.25, 0.3) is 0 Å². The second-order valence-corrected chi connectivity index (χ2v) is 7.50. The zero-order valence-corrected chi connectivity index (χ0v) is 14.2. The SMILES string of the molecule is Cc1ccc(-c2cc3cc4cc5ccccc5cc4cc3s2)cc1. The summed E-state index contributed by atoms with van der Waals surface area (Å²) < 4.78 is 1.35. The van der Waals surface area contributed by atoms with Gasteiger partial charge in [0.15, 0.2) is 0 Å². The van der Waals surface area contributed by atoms with E-state index in [1.807, 2.05) is 11.3 Å². The van der Waals surface area contributed by atoms with Crippen LogP contribution in [0.1, 0.15) is 5.56 Å². The van der Waals surface area contributed by atoms with Crippen molar-refractivity contribution in [3.8, 4) is 10.4 Å². The molecule has 0 nitrogen and oxygen atoms in total. The summed E-state index contributed by atoms with van der Waals surface area (Å²) in [4.78, 5) is 1.34. The Balaban J connectivity index is 1.74. The highest BCUT2D eigenvalue weighted by Crippen LogP contribution is 2.36. The van der Waals surface area contributed by atoms with Gasteiger partial charge < -0.3 is 0 Å². The zero-order valence-electron chi connectivity index (χ0n) is 13.4. The van der Waals surface area contributed by atoms with Gasteiger partial charge in [-0.15, -0.1) is 11.3 Å². The second kappa shape index (κ2) is 5.19. The Morgan fingerprint density at radius 1 is 0.583 bits per heavy atom. The molecule has 114 valence electrons. The number of aryl methyl sites for hydroxylation is 1. The summed E-state index contributed by atoms with van der Waals surface area (Å²) in [5.41, 5.74) is 2.60. The second-order valence-electron chi connectivity index (χ2n) is 6.41. The molecule has 0 bridgehead atoms. The summed E-state index contributed by atoms with van der Waals surface area (Å²) >= 11 is 1.88. The smallest absolute Gasteiger partial charge is 0.0355 e. The van der Waals surface area contributed by atoms with Crippen molar-refractivity contribution < 1.29 is 0 Å². The largest absolute Gasteiger partial charge is 0.135 e. The van der Waals surface area contributed by atoms with Gasteiger partial charge in [-0.05, 0) is 69.8 Å². The molecule has 0 aliphatic heterocycles. The zero-order chi connectivity index (χ0) is 16.1. The lowest BCUT2D eigenvalue weighted by Gasteiger charge is -2.02. The van der Waals surface area contributed by atoms with E-state index >= 15 is 0 Å². The third-order valence-electron chi connectivity index (χ3n) is 4.68. The van der Waals surface area contributed by atoms with Crippen LogP contribution in [0.25, 0.3) is 42.1 Å². The van der Waals surface area contributed by atoms with E-state index in [1.54, 1.807) is 0 Å². The first-order valence-corrected chi connectivity index (χ1v) is 9.01. The number of benzene rings is 4. The van der Waals surface area contributed by atoms with Crippen LogP contribution in [0.4, 0.5) is 0 Å². The normalized spacial score (nSPS) is 11.5. The van der Waals surface area contributed by atoms with Gasteiger partial charge in [0.2, 0.25) is 0 Å². The number of thiophene rings is 1. The fraction of sp³-hybridized carbons (Fsp3) is 0.0435. The van der Waals surface area contributed by atoms with Crippen LogP contribution in [0.15, 0.2) is 78.9 Å². The van der Waals surface area contributed by atoms with Crippen molar-refractivity contribution in [3.05, 3.63) is 84.4 Å². The molecule has 4 aromatic carbocycles. The highest BCUT2D eigenvalue weighted by atomic mass is 32.1. The van der Waals surface area contributed by atoms with Gasteiger partial charge >= 0.3 is 0 Å². The molecule has 0 spiro atoms. The summed E-state index contributed by atoms with van der Waals surface area (Å²) in [7, 11) is 0. The highest BCUT2D eigenvalue weighted by molar-refractivity contribution is 7.22. The van der Waals surface area contributed by atoms with Crippen LogP contribution < -0.4 is 0 Å². The lowest BCUT2D eigenvalue weighted by atomic mass is 10.0. The van der Waals surface area contributed by atoms with Crippen molar-refractivity contribution in [2.24, 2.45) is 0 Å². The molecule has 5 aromatic rings. The van der Waals surface area contributed by atoms with E-state index in [0.29, 0.717) is 0 Å². The Morgan fingerprint density at radius 3 is 1.92 bits per heavy atom. The molecule has 0 aliphatic carbocycles. The first-order chi connectivity index (χ1) is 11.8. The Morgan fingerprint density at radius 2 is 1.21 bits per heavy atom. The molecule has 0 amide bonds. The molecule has 1 heterocycles. The molecule has 0 unspecified atom stereocenters. The number of rotatable bonds is 1. The maximum atomic E-state index is 2.33. The molecule has 0 atom stereocenters. The number of hydrogen-bond acceptors (Lipinski definition) is 1. The van der Waals surface area contributed by atoms with E-state index in [9.17, 15) is 0 Å². The molecule has 0 aliphatic rings. The van der Waals surface area contributed by atoms with E-state index in [-0.39, 0.29) is 0 Å². The summed E-state index contributed by atoms with van der Waals surface area (Å²) in [6.07, 6.45) is 0. The molecule has 0 saturated carbocycles. The topological polar surface area (TPSA) is 0 Å². The van der Waals surface area contributed by atoms with E-state index in [0.717, 1.165) is 0 Å². The third kappa shape index (κ3) is 2.21. The van der Waals surface area contributed by atoms with Gasteiger partial charge in [0, 0.05) is 9.58 Å². The van der Waals surface area contributed by atoms with Crippen LogP contribution in [0.2, 0.25) is 0 Å². The molecule has 1 heteroatoms. The maximum absolute atomic E-state index is 2.33. The predicted octanol–water partition coefficient (Wildman–Crippen LogP) is 7.18. The Bertz CT molecular complexity index is 1120. The highest BCUT2D eigenvalue weighted by Gasteiger charge is 2.07. The van der Waals surface area contributed by atoms with E-state index in [4.69, 9.17) is 0 Å². The minimum Gasteiger partial charge on any atom is -0.135 e. The minimum atomic E-state index is 1.30. The van der Waals surface area contributed by atoms with Crippen LogP contribution >= 0.6 is 11.3 Å². The monoisotopic (exact) mass is 324 g/mol. The van der Waals surface area contributed by atoms with Crippen molar-refractivity contribution in [3.63, 3.8) is 0 Å². The van der Waals surface area contributed by atoms with E-state index in [1.165, 1.54) is 47.6 Å². The lowest BCUT2D eigenvalue weighted by molar-refractivity contribution is 1.48. The van der Waals surface area contributed by atoms with Crippen molar-refractivity contribution in [1.82, 2.24) is 0 Å². The van der Waals surface area contributed by atoms with Crippen LogP contribution in [0.3, 0.4) is 0 Å². The predicted molar refractivity (Wildman–Crippen MR) is 107 cm³/mol. The molecule has 0 fully saturated rings. The Hall–Kier alpha value is -2.64. The van der Waals surface area contributed by atoms with Gasteiger partial charge in [-0.1, -0.05) is 54.1 Å². The molecular weight excluding hydrogens is 308 g/mol. The standard InChI is InChI=1S/C23H16S/c1-15-6-8-16(9-7-15)22-14-21-12-19-10-17-4-2-3-5-18(17)11-20(19)13-23(21)24-22/h2-14H,1H3. The van der Waals surface area contributed by atoms with Gasteiger partial charge in [-0.3, -0.25) is 0 Å². The van der Waals surface area contributed by atoms with Crippen LogP contribution in [-0.4, -0.2) is 0 Å². The van der Waals surface area contributed by atoms with Crippen molar-refractivity contribution in [1.29, 1.82) is 0 Å². The van der Waals surface area contributed by atoms with Crippen LogP contribution in [0, 0.1) is 6.92 Å². The van der Waals surface area contributed by atoms with Crippen molar-refractivity contribution in [2.75, 3.05) is 0 Å². The molecule has 0 radical (unpaired) electrons. The van der Waals surface area contributed by atoms with E-state index in [2.05, 4.69) is 85.8 Å². The van der Waals surface area contributed by atoms with Crippen molar-refractivity contribution in [2.45, 2.75) is 6.92 Å². The maximum Gasteiger partial charge on any atom is 0.0355 e. The average molecular weight is 324 g/mol. The summed E-state index contributed by atoms with van der Waals surface area (Å²) in [5, 5.41) is 6.57. The average Bonchev–Trinajstić information content (AvgIpc) is 3.01. The molecule has 5 rings (SSSR count). The quantitative estimate of drug-likeness (QED) is 0.286. The summed E-state index contributed by atoms with van der Waals surface area (Å²) in [6, 6.07) is 29.0. The minimum absolute atomic E-state index is 1.30. The fourth-order valence-electron chi connectivity index (χ4n) is 3.34. The number of hydrogen-bond donors (Lipinski definition) is 0. The van der Waals surface area contributed by atoms with Gasteiger partial charge in [0.05, 0.1) is 0 Å². The fourth-order valence-corrected chi connectivity index (χ4v) is 4.44. The first kappa shape index (κ1) is 13.8. The molecule has 0 N–H and O–H groups in total. The third-order valence-corrected chi connectivity index (χ3v) is 5.82. The van der Waals surface area contributed by atoms with E-state index < -0.39 is 0 Å². The summed E-state index contributed by atoms with van der Waals surface area (Å²) in [5.74, 6) is 0. The molecule has 1 aromatic heterocycles. The molecule has 0 saturated heterocycles. The summed E-state index contributed by atoms with van der Waals surface area (Å²) in [6.45, 7) is 2.13.